The third kappa shape index (κ3) is 2.23. The molecule has 1 atom stereocenters. The Labute approximate surface area is 102 Å². The van der Waals surface area contributed by atoms with Gasteiger partial charge in [0.25, 0.3) is 0 Å². The van der Waals surface area contributed by atoms with E-state index in [-0.39, 0.29) is 0 Å². The van der Waals surface area contributed by atoms with Gasteiger partial charge in [0.05, 0.1) is 0 Å². The van der Waals surface area contributed by atoms with Crippen molar-refractivity contribution in [3.63, 3.8) is 0 Å². The van der Waals surface area contributed by atoms with Crippen LogP contribution in [0.3, 0.4) is 0 Å². The summed E-state index contributed by atoms with van der Waals surface area (Å²) in [5, 5.41) is 0. The molecule has 4 heteroatoms. The van der Waals surface area contributed by atoms with Gasteiger partial charge in [-0.05, 0) is 44.6 Å². The van der Waals surface area contributed by atoms with E-state index in [0.717, 1.165) is 11.3 Å². The summed E-state index contributed by atoms with van der Waals surface area (Å²) in [6, 6.07) is 0.653. The number of aromatic amines is 1. The van der Waals surface area contributed by atoms with Gasteiger partial charge in [0.15, 0.2) is 4.77 Å². The average Bonchev–Trinajstić information content (AvgIpc) is 2.76. The van der Waals surface area contributed by atoms with E-state index in [1.807, 2.05) is 0 Å². The van der Waals surface area contributed by atoms with Crippen molar-refractivity contribution in [3.05, 3.63) is 16.7 Å². The number of nitrogens with zero attached hydrogens (tertiary/aromatic N) is 2. The Morgan fingerprint density at radius 2 is 2.31 bits per heavy atom. The van der Waals surface area contributed by atoms with Gasteiger partial charge in [0, 0.05) is 24.5 Å². The largest absolute Gasteiger partial charge is 0.337 e. The number of hydrogen-bond acceptors (Lipinski definition) is 2. The smallest absolute Gasteiger partial charge is 0.177 e. The highest BCUT2D eigenvalue weighted by atomic mass is 32.1. The predicted molar refractivity (Wildman–Crippen MR) is 69.4 cm³/mol. The van der Waals surface area contributed by atoms with E-state index >= 15 is 0 Å². The molecule has 90 valence electrons. The summed E-state index contributed by atoms with van der Waals surface area (Å²) in [5.41, 5.74) is 1.32. The third-order valence-electron chi connectivity index (χ3n) is 3.56. The summed E-state index contributed by atoms with van der Waals surface area (Å²) < 4.78 is 3.14. The van der Waals surface area contributed by atoms with Crippen LogP contribution >= 0.6 is 12.2 Å². The maximum Gasteiger partial charge on any atom is 0.177 e. The van der Waals surface area contributed by atoms with Crippen molar-refractivity contribution in [1.82, 2.24) is 14.5 Å². The molecule has 1 saturated heterocycles. The molecule has 0 radical (unpaired) electrons. The SMILES string of the molecule is CC(C)c1c[nH]c(=S)n1CC1CCCN1C. The highest BCUT2D eigenvalue weighted by molar-refractivity contribution is 7.71. The molecule has 1 aromatic heterocycles. The van der Waals surface area contributed by atoms with E-state index in [1.165, 1.54) is 25.1 Å². The highest BCUT2D eigenvalue weighted by Crippen LogP contribution is 2.20. The van der Waals surface area contributed by atoms with Crippen molar-refractivity contribution in [2.45, 2.75) is 45.2 Å². The number of imidazole rings is 1. The minimum absolute atomic E-state index is 0.527. The van der Waals surface area contributed by atoms with Crippen LogP contribution in [-0.4, -0.2) is 34.1 Å². The van der Waals surface area contributed by atoms with Gasteiger partial charge in [0.2, 0.25) is 0 Å². The molecule has 1 fully saturated rings. The summed E-state index contributed by atoms with van der Waals surface area (Å²) in [6.07, 6.45) is 4.67. The lowest BCUT2D eigenvalue weighted by atomic mass is 10.1. The fraction of sp³-hybridized carbons (Fsp3) is 0.750. The first-order chi connectivity index (χ1) is 7.59. The van der Waals surface area contributed by atoms with Crippen LogP contribution in [0.2, 0.25) is 0 Å². The molecule has 1 unspecified atom stereocenters. The van der Waals surface area contributed by atoms with Crippen LogP contribution in [0.15, 0.2) is 6.20 Å². The molecule has 0 saturated carbocycles. The summed E-state index contributed by atoms with van der Waals surface area (Å²) in [7, 11) is 2.21. The molecule has 0 aliphatic carbocycles. The van der Waals surface area contributed by atoms with Gasteiger partial charge in [-0.25, -0.2) is 0 Å². The number of H-pyrrole nitrogens is 1. The average molecular weight is 239 g/mol. The molecule has 1 aromatic rings. The molecular weight excluding hydrogens is 218 g/mol. The molecule has 3 nitrogen and oxygen atoms in total. The van der Waals surface area contributed by atoms with Gasteiger partial charge in [0.1, 0.15) is 0 Å². The second-order valence-corrected chi connectivity index (χ2v) is 5.45. The summed E-state index contributed by atoms with van der Waals surface area (Å²) in [6.45, 7) is 6.69. The van der Waals surface area contributed by atoms with Crippen LogP contribution in [-0.2, 0) is 6.54 Å². The molecule has 0 amide bonds. The quantitative estimate of drug-likeness (QED) is 0.820. The van der Waals surface area contributed by atoms with E-state index < -0.39 is 0 Å². The molecule has 1 aliphatic rings. The Morgan fingerprint density at radius 3 is 2.88 bits per heavy atom. The molecule has 1 N–H and O–H groups in total. The van der Waals surface area contributed by atoms with E-state index in [2.05, 4.69) is 41.5 Å². The predicted octanol–water partition coefficient (Wildman–Crippen LogP) is 2.76. The topological polar surface area (TPSA) is 24.0 Å². The minimum atomic E-state index is 0.527. The minimum Gasteiger partial charge on any atom is -0.337 e. The van der Waals surface area contributed by atoms with Crippen LogP contribution in [0.1, 0.15) is 38.3 Å². The fourth-order valence-electron chi connectivity index (χ4n) is 2.50. The summed E-state index contributed by atoms with van der Waals surface area (Å²) in [4.78, 5) is 5.61. The van der Waals surface area contributed by atoms with Gasteiger partial charge in [-0.2, -0.15) is 0 Å². The monoisotopic (exact) mass is 239 g/mol. The molecular formula is C12H21N3S. The lowest BCUT2D eigenvalue weighted by Crippen LogP contribution is -2.30. The first-order valence-electron chi connectivity index (χ1n) is 6.08. The van der Waals surface area contributed by atoms with Crippen molar-refractivity contribution in [2.75, 3.05) is 13.6 Å². The zero-order valence-electron chi connectivity index (χ0n) is 10.4. The van der Waals surface area contributed by atoms with Gasteiger partial charge < -0.3 is 14.5 Å². The Hall–Kier alpha value is -0.610. The van der Waals surface area contributed by atoms with Crippen molar-refractivity contribution in [3.8, 4) is 0 Å². The van der Waals surface area contributed by atoms with Crippen molar-refractivity contribution in [2.24, 2.45) is 0 Å². The molecule has 0 spiro atoms. The maximum absolute atomic E-state index is 5.35. The first-order valence-corrected chi connectivity index (χ1v) is 6.48. The Morgan fingerprint density at radius 1 is 1.56 bits per heavy atom. The Balaban J connectivity index is 2.20. The van der Waals surface area contributed by atoms with Crippen LogP contribution < -0.4 is 0 Å². The van der Waals surface area contributed by atoms with Crippen LogP contribution in [0.4, 0.5) is 0 Å². The molecule has 2 rings (SSSR count). The van der Waals surface area contributed by atoms with Gasteiger partial charge in [-0.3, -0.25) is 0 Å². The number of likely N-dealkylation sites (tertiary alicyclic amines) is 1. The number of rotatable bonds is 3. The Kier molecular flexibility index (Phi) is 3.50. The number of aromatic nitrogens is 2. The second kappa shape index (κ2) is 4.72. The van der Waals surface area contributed by atoms with Crippen LogP contribution in [0.5, 0.6) is 0 Å². The molecule has 2 heterocycles. The zero-order chi connectivity index (χ0) is 11.7. The third-order valence-corrected chi connectivity index (χ3v) is 3.89. The van der Waals surface area contributed by atoms with Gasteiger partial charge in [-0.1, -0.05) is 13.8 Å². The van der Waals surface area contributed by atoms with Crippen molar-refractivity contribution in [1.29, 1.82) is 0 Å². The summed E-state index contributed by atoms with van der Waals surface area (Å²) >= 11 is 5.35. The van der Waals surface area contributed by atoms with E-state index in [9.17, 15) is 0 Å². The van der Waals surface area contributed by atoms with Crippen molar-refractivity contribution >= 4 is 12.2 Å². The van der Waals surface area contributed by atoms with E-state index in [1.54, 1.807) is 0 Å². The highest BCUT2D eigenvalue weighted by Gasteiger charge is 2.22. The Bertz CT molecular complexity index is 405. The number of hydrogen-bond donors (Lipinski definition) is 1. The molecule has 16 heavy (non-hydrogen) atoms. The van der Waals surface area contributed by atoms with Gasteiger partial charge in [-0.15, -0.1) is 0 Å². The number of nitrogens with one attached hydrogen (secondary N) is 1. The molecule has 0 bridgehead atoms. The van der Waals surface area contributed by atoms with Crippen LogP contribution in [0.25, 0.3) is 0 Å². The molecule has 0 aromatic carbocycles. The van der Waals surface area contributed by atoms with E-state index in [0.29, 0.717) is 12.0 Å². The van der Waals surface area contributed by atoms with Crippen molar-refractivity contribution < 1.29 is 0 Å². The van der Waals surface area contributed by atoms with Crippen LogP contribution in [0, 0.1) is 4.77 Å². The number of likely N-dealkylation sites (N-methyl/N-ethyl adjacent to an activating group) is 1. The van der Waals surface area contributed by atoms with E-state index in [4.69, 9.17) is 12.2 Å². The first kappa shape index (κ1) is 11.9. The lowest BCUT2D eigenvalue weighted by Gasteiger charge is -2.21. The maximum atomic E-state index is 5.35. The fourth-order valence-corrected chi connectivity index (χ4v) is 2.73. The zero-order valence-corrected chi connectivity index (χ0v) is 11.2. The van der Waals surface area contributed by atoms with Gasteiger partial charge >= 0.3 is 0 Å². The second-order valence-electron chi connectivity index (χ2n) is 5.06. The normalized spacial score (nSPS) is 22.1. The summed E-state index contributed by atoms with van der Waals surface area (Å²) in [5.74, 6) is 0.527. The standard InChI is InChI=1S/C12H21N3S/c1-9(2)11-7-13-12(16)15(11)8-10-5-4-6-14(10)3/h7,9-10H,4-6,8H2,1-3H3,(H,13,16). The lowest BCUT2D eigenvalue weighted by molar-refractivity contribution is 0.278. The molecule has 1 aliphatic heterocycles.